The van der Waals surface area contributed by atoms with Gasteiger partial charge in [0.1, 0.15) is 17.5 Å². The monoisotopic (exact) mass is 288 g/mol. The van der Waals surface area contributed by atoms with Crippen molar-refractivity contribution in [1.29, 1.82) is 0 Å². The van der Waals surface area contributed by atoms with Crippen molar-refractivity contribution in [1.82, 2.24) is 15.1 Å². The van der Waals surface area contributed by atoms with Gasteiger partial charge in [0.15, 0.2) is 0 Å². The molecule has 7 nitrogen and oxygen atoms in total. The molecule has 0 saturated heterocycles. The van der Waals surface area contributed by atoms with E-state index in [4.69, 9.17) is 4.52 Å². The number of aliphatic carboxylic acids is 1. The van der Waals surface area contributed by atoms with Crippen LogP contribution in [0.4, 0.5) is 5.82 Å². The van der Waals surface area contributed by atoms with Gasteiger partial charge in [-0.15, -0.1) is 0 Å². The fourth-order valence-corrected chi connectivity index (χ4v) is 4.04. The first-order chi connectivity index (χ1) is 10.1. The van der Waals surface area contributed by atoms with Crippen LogP contribution >= 0.6 is 0 Å². The second kappa shape index (κ2) is 4.41. The molecule has 2 saturated carbocycles. The highest BCUT2D eigenvalue weighted by Crippen LogP contribution is 2.49. The quantitative estimate of drug-likeness (QED) is 0.888. The number of hydrogen-bond donors (Lipinski definition) is 2. The van der Waals surface area contributed by atoms with Crippen LogP contribution in [-0.2, 0) is 4.79 Å². The Morgan fingerprint density at radius 3 is 3.00 bits per heavy atom. The van der Waals surface area contributed by atoms with Crippen molar-refractivity contribution in [2.24, 2.45) is 17.8 Å². The molecule has 0 amide bonds. The zero-order valence-electron chi connectivity index (χ0n) is 11.6. The van der Waals surface area contributed by atoms with E-state index in [-0.39, 0.29) is 17.9 Å². The number of rotatable bonds is 3. The van der Waals surface area contributed by atoms with Crippen molar-refractivity contribution in [2.75, 3.05) is 5.32 Å². The fourth-order valence-electron chi connectivity index (χ4n) is 4.04. The molecule has 0 aromatic carbocycles. The van der Waals surface area contributed by atoms with Crippen LogP contribution in [0.15, 0.2) is 10.9 Å². The Morgan fingerprint density at radius 1 is 1.38 bits per heavy atom. The van der Waals surface area contributed by atoms with Crippen LogP contribution in [0, 0.1) is 24.7 Å². The Labute approximate surface area is 120 Å². The van der Waals surface area contributed by atoms with Gasteiger partial charge in [-0.3, -0.25) is 4.79 Å². The molecule has 4 rings (SSSR count). The molecule has 21 heavy (non-hydrogen) atoms. The van der Waals surface area contributed by atoms with Gasteiger partial charge in [-0.25, -0.2) is 4.98 Å². The first-order valence-electron chi connectivity index (χ1n) is 7.21. The summed E-state index contributed by atoms with van der Waals surface area (Å²) in [7, 11) is 0. The van der Waals surface area contributed by atoms with Crippen molar-refractivity contribution < 1.29 is 14.4 Å². The van der Waals surface area contributed by atoms with E-state index in [9.17, 15) is 9.90 Å². The summed E-state index contributed by atoms with van der Waals surface area (Å²) < 4.78 is 5.13. The molecule has 4 unspecified atom stereocenters. The predicted octanol–water partition coefficient (Wildman–Crippen LogP) is 1.84. The lowest BCUT2D eigenvalue weighted by Gasteiger charge is -2.29. The lowest BCUT2D eigenvalue weighted by Crippen LogP contribution is -2.39. The van der Waals surface area contributed by atoms with Gasteiger partial charge in [0, 0.05) is 6.04 Å². The first-order valence-corrected chi connectivity index (χ1v) is 7.21. The molecule has 2 aliphatic carbocycles. The smallest absolute Gasteiger partial charge is 0.308 e. The molecule has 2 aromatic rings. The van der Waals surface area contributed by atoms with Crippen molar-refractivity contribution in [3.8, 4) is 0 Å². The van der Waals surface area contributed by atoms with E-state index in [0.717, 1.165) is 24.6 Å². The van der Waals surface area contributed by atoms with Crippen LogP contribution in [0.3, 0.4) is 0 Å². The fraction of sp³-hybridized carbons (Fsp3) is 0.571. The maximum Gasteiger partial charge on any atom is 0.308 e. The van der Waals surface area contributed by atoms with Crippen molar-refractivity contribution in [2.45, 2.75) is 32.2 Å². The summed E-state index contributed by atoms with van der Waals surface area (Å²) in [6.45, 7) is 1.83. The van der Waals surface area contributed by atoms with Crippen molar-refractivity contribution in [3.05, 3.63) is 12.0 Å². The Morgan fingerprint density at radius 2 is 2.19 bits per heavy atom. The van der Waals surface area contributed by atoms with Crippen LogP contribution in [0.1, 0.15) is 25.0 Å². The summed E-state index contributed by atoms with van der Waals surface area (Å²) in [5, 5.41) is 17.5. The molecule has 4 atom stereocenters. The molecular weight excluding hydrogens is 272 g/mol. The summed E-state index contributed by atoms with van der Waals surface area (Å²) in [5.74, 6) is 0.260. The number of nitrogens with zero attached hydrogens (tertiary/aromatic N) is 3. The minimum Gasteiger partial charge on any atom is -0.481 e. The third-order valence-electron chi connectivity index (χ3n) is 4.95. The summed E-state index contributed by atoms with van der Waals surface area (Å²) in [4.78, 5) is 19.9. The van der Waals surface area contributed by atoms with Gasteiger partial charge < -0.3 is 14.9 Å². The van der Waals surface area contributed by atoms with Gasteiger partial charge in [-0.05, 0) is 38.0 Å². The zero-order valence-corrected chi connectivity index (χ0v) is 11.6. The van der Waals surface area contributed by atoms with Gasteiger partial charge in [-0.1, -0.05) is 5.16 Å². The Bertz CT molecular complexity index is 713. The molecule has 2 N–H and O–H groups in total. The van der Waals surface area contributed by atoms with Gasteiger partial charge in [-0.2, -0.15) is 4.98 Å². The second-order valence-corrected chi connectivity index (χ2v) is 6.04. The van der Waals surface area contributed by atoms with E-state index in [1.54, 1.807) is 0 Å². The van der Waals surface area contributed by atoms with Crippen LogP contribution in [0.25, 0.3) is 11.1 Å². The van der Waals surface area contributed by atoms with Gasteiger partial charge in [0.25, 0.3) is 5.71 Å². The lowest BCUT2D eigenvalue weighted by atomic mass is 9.84. The van der Waals surface area contributed by atoms with Crippen LogP contribution < -0.4 is 5.32 Å². The summed E-state index contributed by atoms with van der Waals surface area (Å²) in [5.41, 5.74) is 1.14. The summed E-state index contributed by atoms with van der Waals surface area (Å²) in [6, 6.07) is -0.0753. The normalized spacial score (nSPS) is 30.9. The molecule has 7 heteroatoms. The second-order valence-electron chi connectivity index (χ2n) is 6.04. The number of aryl methyl sites for hydroxylation is 1. The minimum absolute atomic E-state index is 0.0753. The molecule has 2 heterocycles. The average Bonchev–Trinajstić information content (AvgIpc) is 3.14. The number of anilines is 1. The number of aromatic nitrogens is 3. The number of carbonyl (C=O) groups is 1. The van der Waals surface area contributed by atoms with Crippen LogP contribution in [0.5, 0.6) is 0 Å². The molecule has 2 fully saturated rings. The van der Waals surface area contributed by atoms with E-state index in [1.165, 1.54) is 6.33 Å². The first kappa shape index (κ1) is 12.6. The molecule has 0 radical (unpaired) electrons. The van der Waals surface area contributed by atoms with E-state index in [1.807, 2.05) is 6.92 Å². The van der Waals surface area contributed by atoms with Gasteiger partial charge >= 0.3 is 5.97 Å². The molecule has 2 bridgehead atoms. The molecule has 0 aliphatic heterocycles. The standard InChI is InChI=1S/C14H16N4O3/c1-6-9-12(15-5-16-13(9)21-18-6)17-11-8-3-2-7(4-8)10(11)14(19)20/h5,7-8,10-11H,2-4H2,1H3,(H,19,20)(H,15,16,17). The predicted molar refractivity (Wildman–Crippen MR) is 73.7 cm³/mol. The van der Waals surface area contributed by atoms with Gasteiger partial charge in [0.2, 0.25) is 0 Å². The van der Waals surface area contributed by atoms with Crippen LogP contribution in [0.2, 0.25) is 0 Å². The Hall–Kier alpha value is -2.18. The number of hydrogen-bond acceptors (Lipinski definition) is 6. The molecule has 2 aliphatic rings. The number of carboxylic acid groups (broad SMARTS) is 1. The molecule has 0 spiro atoms. The van der Waals surface area contributed by atoms with Crippen LogP contribution in [-0.4, -0.2) is 32.2 Å². The number of nitrogens with one attached hydrogen (secondary N) is 1. The van der Waals surface area contributed by atoms with E-state index >= 15 is 0 Å². The van der Waals surface area contributed by atoms with Gasteiger partial charge in [0.05, 0.1) is 11.6 Å². The Balaban J connectivity index is 1.71. The topological polar surface area (TPSA) is 101 Å². The lowest BCUT2D eigenvalue weighted by molar-refractivity contribution is -0.143. The Kier molecular flexibility index (Phi) is 2.63. The SMILES string of the molecule is Cc1noc2ncnc(NC3C4CCC(C4)C3C(=O)O)c12. The summed E-state index contributed by atoms with van der Waals surface area (Å²) in [6.07, 6.45) is 4.51. The van der Waals surface area contributed by atoms with E-state index in [2.05, 4.69) is 20.4 Å². The average molecular weight is 288 g/mol. The maximum absolute atomic E-state index is 11.6. The highest BCUT2D eigenvalue weighted by Gasteiger charge is 2.51. The molecule has 2 aromatic heterocycles. The highest BCUT2D eigenvalue weighted by atomic mass is 16.5. The highest BCUT2D eigenvalue weighted by molar-refractivity contribution is 5.87. The zero-order chi connectivity index (χ0) is 14.6. The maximum atomic E-state index is 11.6. The van der Waals surface area contributed by atoms with Crippen molar-refractivity contribution in [3.63, 3.8) is 0 Å². The largest absolute Gasteiger partial charge is 0.481 e. The van der Waals surface area contributed by atoms with Crippen molar-refractivity contribution >= 4 is 22.9 Å². The number of fused-ring (bicyclic) bond motifs is 3. The third kappa shape index (κ3) is 1.80. The number of carboxylic acids is 1. The third-order valence-corrected chi connectivity index (χ3v) is 4.95. The van der Waals surface area contributed by atoms with E-state index < -0.39 is 5.97 Å². The molecular formula is C14H16N4O3. The molecule has 110 valence electrons. The summed E-state index contributed by atoms with van der Waals surface area (Å²) >= 11 is 0. The van der Waals surface area contributed by atoms with E-state index in [0.29, 0.717) is 23.1 Å². The minimum atomic E-state index is -0.716.